The first kappa shape index (κ1) is 15.4. The maximum Gasteiger partial charge on any atom is 0.159 e. The maximum absolute atomic E-state index is 13.1. The van der Waals surface area contributed by atoms with Gasteiger partial charge in [-0.15, -0.1) is 0 Å². The van der Waals surface area contributed by atoms with Gasteiger partial charge in [0, 0.05) is 18.6 Å². The number of likely N-dealkylation sites (N-methyl/N-ethyl adjacent to an activating group) is 1. The monoisotopic (exact) mass is 284 g/mol. The Morgan fingerprint density at radius 1 is 1.30 bits per heavy atom. The summed E-state index contributed by atoms with van der Waals surface area (Å²) in [7, 11) is 4.12. The van der Waals surface area contributed by atoms with Gasteiger partial charge in [-0.3, -0.25) is 0 Å². The molecule has 0 aromatic heterocycles. The lowest BCUT2D eigenvalue weighted by molar-refractivity contribution is 0.0555. The molecule has 0 spiro atoms. The molecule has 5 heteroatoms. The van der Waals surface area contributed by atoms with Gasteiger partial charge in [0.15, 0.2) is 11.6 Å². The largest absolute Gasteiger partial charge is 0.387 e. The minimum Gasteiger partial charge on any atom is -0.387 e. The van der Waals surface area contributed by atoms with Crippen LogP contribution in [0.5, 0.6) is 0 Å². The van der Waals surface area contributed by atoms with Gasteiger partial charge in [0.1, 0.15) is 0 Å². The second kappa shape index (κ2) is 6.16. The number of aliphatic hydroxyl groups is 1. The third kappa shape index (κ3) is 3.16. The van der Waals surface area contributed by atoms with Crippen LogP contribution in [0.1, 0.15) is 30.9 Å². The number of nitrogens with zero attached hydrogens (tertiary/aromatic N) is 1. The molecule has 1 fully saturated rings. The zero-order valence-electron chi connectivity index (χ0n) is 12.0. The number of nitrogens with one attached hydrogen (secondary N) is 1. The van der Waals surface area contributed by atoms with E-state index in [4.69, 9.17) is 0 Å². The molecule has 2 N–H and O–H groups in total. The normalized spacial score (nSPS) is 18.9. The molecule has 3 nitrogen and oxygen atoms in total. The molecule has 0 heterocycles. The van der Waals surface area contributed by atoms with Gasteiger partial charge in [0.05, 0.1) is 6.10 Å². The Hall–Kier alpha value is -1.04. The van der Waals surface area contributed by atoms with Gasteiger partial charge in [-0.05, 0) is 51.1 Å². The highest BCUT2D eigenvalue weighted by Crippen LogP contribution is 2.35. The van der Waals surface area contributed by atoms with Crippen molar-refractivity contribution in [2.75, 3.05) is 27.2 Å². The van der Waals surface area contributed by atoms with Gasteiger partial charge >= 0.3 is 0 Å². The van der Waals surface area contributed by atoms with E-state index in [1.54, 1.807) is 0 Å². The lowest BCUT2D eigenvalue weighted by Gasteiger charge is -2.47. The predicted molar refractivity (Wildman–Crippen MR) is 74.5 cm³/mol. The van der Waals surface area contributed by atoms with E-state index in [1.165, 1.54) is 12.5 Å². The van der Waals surface area contributed by atoms with Crippen LogP contribution < -0.4 is 5.32 Å². The fraction of sp³-hybridized carbons (Fsp3) is 0.600. The minimum atomic E-state index is -0.926. The van der Waals surface area contributed by atoms with Crippen LogP contribution in [0, 0.1) is 11.6 Å². The average molecular weight is 284 g/mol. The zero-order chi connectivity index (χ0) is 14.8. The van der Waals surface area contributed by atoms with Crippen molar-refractivity contribution in [2.24, 2.45) is 0 Å². The molecule has 0 radical (unpaired) electrons. The molecule has 20 heavy (non-hydrogen) atoms. The van der Waals surface area contributed by atoms with Crippen LogP contribution in [0.15, 0.2) is 18.2 Å². The first-order valence-corrected chi connectivity index (χ1v) is 6.96. The van der Waals surface area contributed by atoms with E-state index in [0.29, 0.717) is 12.1 Å². The highest BCUT2D eigenvalue weighted by atomic mass is 19.2. The van der Waals surface area contributed by atoms with Crippen molar-refractivity contribution in [1.82, 2.24) is 10.2 Å². The molecule has 0 amide bonds. The molecule has 0 bridgehead atoms. The van der Waals surface area contributed by atoms with Crippen LogP contribution in [0.4, 0.5) is 8.78 Å². The highest BCUT2D eigenvalue weighted by molar-refractivity contribution is 5.20. The molecule has 1 unspecified atom stereocenters. The van der Waals surface area contributed by atoms with Gasteiger partial charge in [0.2, 0.25) is 0 Å². The second-order valence-corrected chi connectivity index (χ2v) is 5.79. The van der Waals surface area contributed by atoms with Crippen molar-refractivity contribution in [3.05, 3.63) is 35.4 Å². The summed E-state index contributed by atoms with van der Waals surface area (Å²) in [6, 6.07) is 3.50. The molecular formula is C15H22F2N2O. The quantitative estimate of drug-likeness (QED) is 0.839. The Kier molecular flexibility index (Phi) is 4.73. The number of benzene rings is 1. The fourth-order valence-electron chi connectivity index (χ4n) is 2.65. The number of hydrogen-bond acceptors (Lipinski definition) is 3. The van der Waals surface area contributed by atoms with E-state index in [2.05, 4.69) is 24.3 Å². The topological polar surface area (TPSA) is 35.5 Å². The standard InChI is InChI=1S/C15H22F2N2O/c1-19(2)15(6-3-7-15)10-18-9-14(20)11-4-5-12(16)13(17)8-11/h4-5,8,14,18,20H,3,6-7,9-10H2,1-2H3. The van der Waals surface area contributed by atoms with Crippen molar-refractivity contribution in [2.45, 2.75) is 30.9 Å². The fourth-order valence-corrected chi connectivity index (χ4v) is 2.65. The van der Waals surface area contributed by atoms with E-state index in [0.717, 1.165) is 31.5 Å². The van der Waals surface area contributed by atoms with Gasteiger partial charge in [-0.25, -0.2) is 8.78 Å². The maximum atomic E-state index is 13.1. The molecule has 1 aliphatic rings. The van der Waals surface area contributed by atoms with Gasteiger partial charge in [-0.1, -0.05) is 6.07 Å². The second-order valence-electron chi connectivity index (χ2n) is 5.79. The van der Waals surface area contributed by atoms with E-state index >= 15 is 0 Å². The van der Waals surface area contributed by atoms with Crippen LogP contribution in [0.2, 0.25) is 0 Å². The molecule has 112 valence electrons. The van der Waals surface area contributed by atoms with Crippen molar-refractivity contribution in [3.8, 4) is 0 Å². The number of halogens is 2. The molecule has 1 atom stereocenters. The molecular weight excluding hydrogens is 262 g/mol. The zero-order valence-corrected chi connectivity index (χ0v) is 12.0. The molecule has 2 rings (SSSR count). The summed E-state index contributed by atoms with van der Waals surface area (Å²) >= 11 is 0. The summed E-state index contributed by atoms with van der Waals surface area (Å²) < 4.78 is 25.9. The Balaban J connectivity index is 1.86. The van der Waals surface area contributed by atoms with E-state index in [1.807, 2.05) is 0 Å². The van der Waals surface area contributed by atoms with E-state index in [9.17, 15) is 13.9 Å². The summed E-state index contributed by atoms with van der Waals surface area (Å²) in [5, 5.41) is 13.2. The lowest BCUT2D eigenvalue weighted by Crippen LogP contribution is -2.56. The number of hydrogen-bond donors (Lipinski definition) is 2. The van der Waals surface area contributed by atoms with Gasteiger partial charge < -0.3 is 15.3 Å². The SMILES string of the molecule is CN(C)C1(CNCC(O)c2ccc(F)c(F)c2)CCC1. The van der Waals surface area contributed by atoms with Crippen LogP contribution in [-0.4, -0.2) is 42.7 Å². The van der Waals surface area contributed by atoms with Gasteiger partial charge in [-0.2, -0.15) is 0 Å². The van der Waals surface area contributed by atoms with Crippen molar-refractivity contribution in [3.63, 3.8) is 0 Å². The molecule has 1 aromatic carbocycles. The Bertz CT molecular complexity index is 461. The van der Waals surface area contributed by atoms with Crippen molar-refractivity contribution >= 4 is 0 Å². The molecule has 1 aliphatic carbocycles. The first-order chi connectivity index (χ1) is 9.44. The third-order valence-electron chi connectivity index (χ3n) is 4.35. The lowest BCUT2D eigenvalue weighted by atomic mass is 9.75. The minimum absolute atomic E-state index is 0.174. The van der Waals surface area contributed by atoms with Crippen molar-refractivity contribution in [1.29, 1.82) is 0 Å². The Morgan fingerprint density at radius 2 is 2.00 bits per heavy atom. The highest BCUT2D eigenvalue weighted by Gasteiger charge is 2.38. The van der Waals surface area contributed by atoms with Gasteiger partial charge in [0.25, 0.3) is 0 Å². The summed E-state index contributed by atoms with van der Waals surface area (Å²) in [5.74, 6) is -1.82. The van der Waals surface area contributed by atoms with Crippen LogP contribution >= 0.6 is 0 Å². The smallest absolute Gasteiger partial charge is 0.159 e. The predicted octanol–water partition coefficient (Wildman–Crippen LogP) is 2.07. The summed E-state index contributed by atoms with van der Waals surface area (Å²) in [5.41, 5.74) is 0.567. The van der Waals surface area contributed by atoms with E-state index in [-0.39, 0.29) is 5.54 Å². The summed E-state index contributed by atoms with van der Waals surface area (Å²) in [6.07, 6.45) is 2.69. The Morgan fingerprint density at radius 3 is 2.50 bits per heavy atom. The molecule has 0 aliphatic heterocycles. The molecule has 1 aromatic rings. The van der Waals surface area contributed by atoms with Crippen LogP contribution in [-0.2, 0) is 0 Å². The Labute approximate surface area is 118 Å². The summed E-state index contributed by atoms with van der Waals surface area (Å²) in [4.78, 5) is 2.22. The molecule has 0 saturated heterocycles. The average Bonchev–Trinajstić information content (AvgIpc) is 2.35. The van der Waals surface area contributed by atoms with Crippen LogP contribution in [0.3, 0.4) is 0 Å². The van der Waals surface area contributed by atoms with Crippen molar-refractivity contribution < 1.29 is 13.9 Å². The van der Waals surface area contributed by atoms with Crippen LogP contribution in [0.25, 0.3) is 0 Å². The van der Waals surface area contributed by atoms with E-state index < -0.39 is 17.7 Å². The summed E-state index contributed by atoms with van der Waals surface area (Å²) in [6.45, 7) is 1.13. The molecule has 1 saturated carbocycles. The first-order valence-electron chi connectivity index (χ1n) is 6.96. The number of aliphatic hydroxyl groups excluding tert-OH is 1. The number of rotatable bonds is 6. The third-order valence-corrected chi connectivity index (χ3v) is 4.35.